The van der Waals surface area contributed by atoms with Crippen LogP contribution >= 0.6 is 0 Å². The minimum atomic E-state index is -0.955. The van der Waals surface area contributed by atoms with Gasteiger partial charge in [0.15, 0.2) is 0 Å². The van der Waals surface area contributed by atoms with E-state index >= 15 is 0 Å². The molecule has 0 amide bonds. The Balaban J connectivity index is 2.17. The predicted octanol–water partition coefficient (Wildman–Crippen LogP) is 2.61. The largest absolute Gasteiger partial charge is 0.496 e. The van der Waals surface area contributed by atoms with Crippen molar-refractivity contribution in [1.82, 2.24) is 5.32 Å². The first-order valence-corrected chi connectivity index (χ1v) is 7.18. The van der Waals surface area contributed by atoms with Crippen LogP contribution in [0, 0.1) is 0 Å². The van der Waals surface area contributed by atoms with Crippen LogP contribution in [0.1, 0.15) is 38.2 Å². The molecule has 20 heavy (non-hydrogen) atoms. The lowest BCUT2D eigenvalue weighted by Crippen LogP contribution is -2.54. The van der Waals surface area contributed by atoms with Crippen LogP contribution in [0.2, 0.25) is 0 Å². The molecule has 1 aromatic rings. The number of carbonyl (C=O) groups is 1. The van der Waals surface area contributed by atoms with Crippen molar-refractivity contribution in [2.45, 2.75) is 50.6 Å². The Labute approximate surface area is 120 Å². The van der Waals surface area contributed by atoms with E-state index < -0.39 is 11.5 Å². The van der Waals surface area contributed by atoms with Crippen LogP contribution in [0.4, 0.5) is 0 Å². The predicted molar refractivity (Wildman–Crippen MR) is 78.1 cm³/mol. The van der Waals surface area contributed by atoms with Gasteiger partial charge in [-0.15, -0.1) is 0 Å². The molecule has 1 aliphatic carbocycles. The molecule has 1 unspecified atom stereocenters. The van der Waals surface area contributed by atoms with Gasteiger partial charge in [0.1, 0.15) is 11.3 Å². The van der Waals surface area contributed by atoms with Gasteiger partial charge in [0.25, 0.3) is 0 Å². The van der Waals surface area contributed by atoms with Gasteiger partial charge in [0, 0.05) is 12.5 Å². The summed E-state index contributed by atoms with van der Waals surface area (Å²) in [6.45, 7) is 1.76. The van der Waals surface area contributed by atoms with Gasteiger partial charge >= 0.3 is 5.97 Å². The van der Waals surface area contributed by atoms with Crippen LogP contribution in [0.5, 0.6) is 5.75 Å². The second-order valence-corrected chi connectivity index (χ2v) is 5.75. The molecule has 0 aromatic heterocycles. The summed E-state index contributed by atoms with van der Waals surface area (Å²) < 4.78 is 5.32. The number of carboxylic acids is 1. The number of nitrogens with one attached hydrogen (secondary N) is 1. The van der Waals surface area contributed by atoms with E-state index in [-0.39, 0.29) is 0 Å². The minimum Gasteiger partial charge on any atom is -0.496 e. The molecule has 1 saturated carbocycles. The summed E-state index contributed by atoms with van der Waals surface area (Å²) in [5.41, 5.74) is -0.0331. The van der Waals surface area contributed by atoms with Crippen LogP contribution in [-0.4, -0.2) is 29.8 Å². The summed E-state index contributed by atoms with van der Waals surface area (Å²) in [6, 6.07) is 7.91. The fourth-order valence-electron chi connectivity index (χ4n) is 2.94. The van der Waals surface area contributed by atoms with Gasteiger partial charge in [-0.3, -0.25) is 10.1 Å². The van der Waals surface area contributed by atoms with Crippen molar-refractivity contribution in [2.24, 2.45) is 0 Å². The van der Waals surface area contributed by atoms with Gasteiger partial charge in [0.2, 0.25) is 0 Å². The molecular weight excluding hydrogens is 254 g/mol. The molecule has 1 atom stereocenters. The fourth-order valence-corrected chi connectivity index (χ4v) is 2.94. The van der Waals surface area contributed by atoms with Crippen molar-refractivity contribution in [3.63, 3.8) is 0 Å². The average Bonchev–Trinajstić information content (AvgIpc) is 2.91. The SMILES string of the molecule is COc1ccccc1CC(C)(NC1CCCC1)C(=O)O. The van der Waals surface area contributed by atoms with Crippen LogP contribution in [0.25, 0.3) is 0 Å². The molecule has 4 nitrogen and oxygen atoms in total. The number of para-hydroxylation sites is 1. The van der Waals surface area contributed by atoms with Crippen molar-refractivity contribution >= 4 is 5.97 Å². The number of hydrogen-bond donors (Lipinski definition) is 2. The lowest BCUT2D eigenvalue weighted by molar-refractivity contribution is -0.144. The maximum Gasteiger partial charge on any atom is 0.323 e. The normalized spacial score (nSPS) is 18.7. The van der Waals surface area contributed by atoms with Gasteiger partial charge in [-0.25, -0.2) is 0 Å². The molecule has 1 fully saturated rings. The maximum atomic E-state index is 11.7. The summed E-state index contributed by atoms with van der Waals surface area (Å²) in [7, 11) is 1.61. The van der Waals surface area contributed by atoms with Crippen LogP contribution in [0.3, 0.4) is 0 Å². The summed E-state index contributed by atoms with van der Waals surface area (Å²) in [4.78, 5) is 11.7. The van der Waals surface area contributed by atoms with Crippen molar-refractivity contribution in [3.8, 4) is 5.75 Å². The number of rotatable bonds is 6. The molecule has 0 saturated heterocycles. The number of methoxy groups -OCH3 is 1. The highest BCUT2D eigenvalue weighted by Crippen LogP contribution is 2.26. The Hall–Kier alpha value is -1.55. The van der Waals surface area contributed by atoms with E-state index in [1.807, 2.05) is 24.3 Å². The summed E-state index contributed by atoms with van der Waals surface area (Å²) in [5.74, 6) is -0.0662. The third kappa shape index (κ3) is 3.31. The zero-order chi connectivity index (χ0) is 14.6. The monoisotopic (exact) mass is 277 g/mol. The number of hydrogen-bond acceptors (Lipinski definition) is 3. The average molecular weight is 277 g/mol. The van der Waals surface area contributed by atoms with E-state index in [1.54, 1.807) is 14.0 Å². The van der Waals surface area contributed by atoms with E-state index in [1.165, 1.54) is 12.8 Å². The molecule has 2 rings (SSSR count). The third-order valence-corrected chi connectivity index (χ3v) is 4.09. The second-order valence-electron chi connectivity index (χ2n) is 5.75. The number of aliphatic carboxylic acids is 1. The Kier molecular flexibility index (Phi) is 4.65. The molecule has 0 spiro atoms. The summed E-state index contributed by atoms with van der Waals surface area (Å²) >= 11 is 0. The Bertz CT molecular complexity index is 469. The first kappa shape index (κ1) is 14.9. The lowest BCUT2D eigenvalue weighted by atomic mass is 9.91. The van der Waals surface area contributed by atoms with Crippen LogP contribution < -0.4 is 10.1 Å². The lowest BCUT2D eigenvalue weighted by Gasteiger charge is -2.30. The smallest absolute Gasteiger partial charge is 0.323 e. The Morgan fingerprint density at radius 1 is 1.40 bits per heavy atom. The van der Waals surface area contributed by atoms with E-state index in [9.17, 15) is 9.90 Å². The van der Waals surface area contributed by atoms with Crippen molar-refractivity contribution in [3.05, 3.63) is 29.8 Å². The van der Waals surface area contributed by atoms with E-state index in [4.69, 9.17) is 4.74 Å². The fraction of sp³-hybridized carbons (Fsp3) is 0.562. The van der Waals surface area contributed by atoms with E-state index in [0.29, 0.717) is 12.5 Å². The molecule has 1 aromatic carbocycles. The third-order valence-electron chi connectivity index (χ3n) is 4.09. The van der Waals surface area contributed by atoms with Gasteiger partial charge in [-0.2, -0.15) is 0 Å². The molecule has 110 valence electrons. The standard InChI is InChI=1S/C16H23NO3/c1-16(15(18)19,17-13-8-4-5-9-13)11-12-7-3-6-10-14(12)20-2/h3,6-7,10,13,17H,4-5,8-9,11H2,1-2H3,(H,18,19). The molecule has 4 heteroatoms. The van der Waals surface area contributed by atoms with Crippen LogP contribution in [0.15, 0.2) is 24.3 Å². The summed E-state index contributed by atoms with van der Waals surface area (Å²) in [5, 5.41) is 13.0. The topological polar surface area (TPSA) is 58.6 Å². The van der Waals surface area contributed by atoms with Gasteiger partial charge in [0.05, 0.1) is 7.11 Å². The first-order chi connectivity index (χ1) is 9.55. The molecule has 0 heterocycles. The van der Waals surface area contributed by atoms with E-state index in [0.717, 1.165) is 24.2 Å². The number of carboxylic acid groups (broad SMARTS) is 1. The zero-order valence-electron chi connectivity index (χ0n) is 12.2. The molecule has 0 radical (unpaired) electrons. The highest BCUT2D eigenvalue weighted by molar-refractivity contribution is 5.79. The first-order valence-electron chi connectivity index (χ1n) is 7.18. The number of ether oxygens (including phenoxy) is 1. The molecule has 0 aliphatic heterocycles. The highest BCUT2D eigenvalue weighted by Gasteiger charge is 2.36. The Morgan fingerprint density at radius 3 is 2.65 bits per heavy atom. The maximum absolute atomic E-state index is 11.7. The van der Waals surface area contributed by atoms with Gasteiger partial charge < -0.3 is 9.84 Å². The molecule has 2 N–H and O–H groups in total. The zero-order valence-corrected chi connectivity index (χ0v) is 12.2. The van der Waals surface area contributed by atoms with Gasteiger partial charge in [-0.1, -0.05) is 31.0 Å². The van der Waals surface area contributed by atoms with Crippen molar-refractivity contribution in [1.29, 1.82) is 0 Å². The second kappa shape index (κ2) is 6.27. The van der Waals surface area contributed by atoms with Crippen LogP contribution in [-0.2, 0) is 11.2 Å². The highest BCUT2D eigenvalue weighted by atomic mass is 16.5. The molecule has 0 bridgehead atoms. The quantitative estimate of drug-likeness (QED) is 0.839. The Morgan fingerprint density at radius 2 is 2.05 bits per heavy atom. The molecular formula is C16H23NO3. The van der Waals surface area contributed by atoms with Crippen molar-refractivity contribution < 1.29 is 14.6 Å². The van der Waals surface area contributed by atoms with Gasteiger partial charge in [-0.05, 0) is 31.4 Å². The van der Waals surface area contributed by atoms with E-state index in [2.05, 4.69) is 5.32 Å². The van der Waals surface area contributed by atoms with Crippen molar-refractivity contribution in [2.75, 3.05) is 7.11 Å². The number of benzene rings is 1. The molecule has 1 aliphatic rings. The summed E-state index contributed by atoms with van der Waals surface area (Å²) in [6.07, 6.45) is 4.91. The minimum absolute atomic E-state index is 0.311.